The van der Waals surface area contributed by atoms with Crippen LogP contribution in [0.15, 0.2) is 60.9 Å². The summed E-state index contributed by atoms with van der Waals surface area (Å²) in [5.41, 5.74) is 9.85. The molecule has 132 valence electrons. The lowest BCUT2D eigenvalue weighted by Crippen LogP contribution is -2.40. The summed E-state index contributed by atoms with van der Waals surface area (Å²) in [7, 11) is 1.61. The van der Waals surface area contributed by atoms with E-state index in [1.807, 2.05) is 42.5 Å². The molecular weight excluding hydrogens is 328 g/mol. The number of para-hydroxylation sites is 2. The fourth-order valence-corrected chi connectivity index (χ4v) is 3.41. The summed E-state index contributed by atoms with van der Waals surface area (Å²) in [5.74, 6) is 0.509. The van der Waals surface area contributed by atoms with Gasteiger partial charge in [0.25, 0.3) is 5.91 Å². The van der Waals surface area contributed by atoms with E-state index in [9.17, 15) is 4.79 Å². The maximum absolute atomic E-state index is 12.6. The summed E-state index contributed by atoms with van der Waals surface area (Å²) in [4.78, 5) is 12.6. The lowest BCUT2D eigenvalue weighted by Gasteiger charge is -2.17. The highest BCUT2D eigenvalue weighted by Gasteiger charge is 2.30. The summed E-state index contributed by atoms with van der Waals surface area (Å²) >= 11 is 0. The average Bonchev–Trinajstić information content (AvgIpc) is 3.28. The predicted molar refractivity (Wildman–Crippen MR) is 98.4 cm³/mol. The van der Waals surface area contributed by atoms with Crippen molar-refractivity contribution in [2.75, 3.05) is 7.11 Å². The van der Waals surface area contributed by atoms with Gasteiger partial charge >= 0.3 is 0 Å². The standard InChI is InChI=1S/C20H20N4O2/c1-26-18-9-5-4-8-17(18)24-12-14(11-22-24)20(25)23-16-10-13-6-2-3-7-15(13)19(16)21/h2-9,11-12,16,19H,10,21H2,1H3,(H,23,25)/t16-,19-/m0/s1. The molecule has 0 bridgehead atoms. The highest BCUT2D eigenvalue weighted by Crippen LogP contribution is 2.29. The Morgan fingerprint density at radius 3 is 2.81 bits per heavy atom. The summed E-state index contributed by atoms with van der Waals surface area (Å²) in [6.07, 6.45) is 3.99. The average molecular weight is 348 g/mol. The maximum Gasteiger partial charge on any atom is 0.254 e. The van der Waals surface area contributed by atoms with E-state index >= 15 is 0 Å². The monoisotopic (exact) mass is 348 g/mol. The van der Waals surface area contributed by atoms with Gasteiger partial charge in [0, 0.05) is 6.20 Å². The minimum Gasteiger partial charge on any atom is -0.494 e. The summed E-state index contributed by atoms with van der Waals surface area (Å²) in [6, 6.07) is 15.3. The van der Waals surface area contributed by atoms with Crippen molar-refractivity contribution in [1.82, 2.24) is 15.1 Å². The van der Waals surface area contributed by atoms with Crippen molar-refractivity contribution in [1.29, 1.82) is 0 Å². The largest absolute Gasteiger partial charge is 0.494 e. The second-order valence-electron chi connectivity index (χ2n) is 6.35. The summed E-state index contributed by atoms with van der Waals surface area (Å²) in [6.45, 7) is 0. The number of nitrogens with zero attached hydrogens (tertiary/aromatic N) is 2. The molecule has 4 rings (SSSR count). The molecule has 1 aromatic heterocycles. The Labute approximate surface area is 151 Å². The van der Waals surface area contributed by atoms with E-state index in [1.54, 1.807) is 24.2 Å². The van der Waals surface area contributed by atoms with Gasteiger partial charge in [-0.15, -0.1) is 0 Å². The maximum atomic E-state index is 12.6. The molecule has 0 saturated heterocycles. The van der Waals surface area contributed by atoms with Crippen LogP contribution in [-0.4, -0.2) is 28.8 Å². The third-order valence-electron chi connectivity index (χ3n) is 4.78. The number of methoxy groups -OCH3 is 1. The number of hydrogen-bond donors (Lipinski definition) is 2. The number of ether oxygens (including phenoxy) is 1. The zero-order valence-electron chi connectivity index (χ0n) is 14.4. The Hall–Kier alpha value is -3.12. The number of carbonyl (C=O) groups excluding carboxylic acids is 1. The first-order valence-electron chi connectivity index (χ1n) is 8.49. The topological polar surface area (TPSA) is 82.2 Å². The Morgan fingerprint density at radius 2 is 2.00 bits per heavy atom. The van der Waals surface area contributed by atoms with E-state index in [-0.39, 0.29) is 18.0 Å². The zero-order chi connectivity index (χ0) is 18.1. The molecule has 3 aromatic rings. The molecule has 2 atom stereocenters. The smallest absolute Gasteiger partial charge is 0.254 e. The number of hydrogen-bond acceptors (Lipinski definition) is 4. The molecule has 0 saturated carbocycles. The predicted octanol–water partition coefficient (Wildman–Crippen LogP) is 2.24. The number of amides is 1. The minimum atomic E-state index is -0.195. The van der Waals surface area contributed by atoms with Crippen LogP contribution >= 0.6 is 0 Å². The SMILES string of the molecule is COc1ccccc1-n1cc(C(=O)N[C@H]2Cc3ccccc3[C@@H]2N)cn1. The number of fused-ring (bicyclic) bond motifs is 1. The van der Waals surface area contributed by atoms with Gasteiger partial charge < -0.3 is 15.8 Å². The molecule has 1 aliphatic rings. The van der Waals surface area contributed by atoms with Crippen LogP contribution in [0, 0.1) is 0 Å². The molecule has 1 aliphatic carbocycles. The Balaban J connectivity index is 1.51. The van der Waals surface area contributed by atoms with Crippen molar-refractivity contribution in [2.45, 2.75) is 18.5 Å². The molecule has 0 fully saturated rings. The lowest BCUT2D eigenvalue weighted by atomic mass is 10.1. The molecule has 2 aromatic carbocycles. The van der Waals surface area contributed by atoms with E-state index in [0.717, 1.165) is 17.7 Å². The zero-order valence-corrected chi connectivity index (χ0v) is 14.4. The summed E-state index contributed by atoms with van der Waals surface area (Å²) < 4.78 is 6.99. The van der Waals surface area contributed by atoms with Gasteiger partial charge in [0.05, 0.1) is 31.0 Å². The van der Waals surface area contributed by atoms with Gasteiger partial charge in [-0.3, -0.25) is 4.79 Å². The normalized spacial score (nSPS) is 18.4. The van der Waals surface area contributed by atoms with Crippen LogP contribution in [0.2, 0.25) is 0 Å². The molecule has 6 nitrogen and oxygen atoms in total. The molecule has 0 unspecified atom stereocenters. The third-order valence-corrected chi connectivity index (χ3v) is 4.78. The number of rotatable bonds is 4. The van der Waals surface area contributed by atoms with Crippen LogP contribution in [0.25, 0.3) is 5.69 Å². The van der Waals surface area contributed by atoms with Crippen molar-refractivity contribution < 1.29 is 9.53 Å². The number of aromatic nitrogens is 2. The molecule has 1 amide bonds. The van der Waals surface area contributed by atoms with Crippen LogP contribution in [0.5, 0.6) is 5.75 Å². The van der Waals surface area contributed by atoms with Crippen LogP contribution in [0.3, 0.4) is 0 Å². The quantitative estimate of drug-likeness (QED) is 0.757. The molecule has 0 radical (unpaired) electrons. The molecule has 1 heterocycles. The van der Waals surface area contributed by atoms with Gasteiger partial charge in [0.15, 0.2) is 0 Å². The molecule has 3 N–H and O–H groups in total. The second kappa shape index (κ2) is 6.65. The highest BCUT2D eigenvalue weighted by molar-refractivity contribution is 5.94. The fraction of sp³-hybridized carbons (Fsp3) is 0.200. The van der Waals surface area contributed by atoms with Gasteiger partial charge in [-0.1, -0.05) is 36.4 Å². The Kier molecular flexibility index (Phi) is 4.18. The van der Waals surface area contributed by atoms with Crippen LogP contribution in [0.1, 0.15) is 27.5 Å². The number of carbonyl (C=O) groups is 1. The first-order valence-corrected chi connectivity index (χ1v) is 8.49. The second-order valence-corrected chi connectivity index (χ2v) is 6.35. The van der Waals surface area contributed by atoms with Gasteiger partial charge in [-0.25, -0.2) is 4.68 Å². The van der Waals surface area contributed by atoms with Crippen molar-refractivity contribution in [3.63, 3.8) is 0 Å². The van der Waals surface area contributed by atoms with E-state index in [4.69, 9.17) is 10.5 Å². The van der Waals surface area contributed by atoms with E-state index in [2.05, 4.69) is 16.5 Å². The van der Waals surface area contributed by atoms with Crippen LogP contribution < -0.4 is 15.8 Å². The number of benzene rings is 2. The Bertz CT molecular complexity index is 950. The molecule has 6 heteroatoms. The highest BCUT2D eigenvalue weighted by atomic mass is 16.5. The van der Waals surface area contributed by atoms with Gasteiger partial charge in [-0.05, 0) is 29.7 Å². The number of nitrogens with two attached hydrogens (primary N) is 1. The molecule has 0 aliphatic heterocycles. The summed E-state index contributed by atoms with van der Waals surface area (Å²) in [5, 5.41) is 7.33. The van der Waals surface area contributed by atoms with Gasteiger partial charge in [-0.2, -0.15) is 5.10 Å². The van der Waals surface area contributed by atoms with Crippen LogP contribution in [-0.2, 0) is 6.42 Å². The Morgan fingerprint density at radius 1 is 1.23 bits per heavy atom. The van der Waals surface area contributed by atoms with Crippen LogP contribution in [0.4, 0.5) is 0 Å². The third kappa shape index (κ3) is 2.84. The number of nitrogens with one attached hydrogen (secondary N) is 1. The van der Waals surface area contributed by atoms with E-state index in [0.29, 0.717) is 11.3 Å². The first kappa shape index (κ1) is 16.4. The fourth-order valence-electron chi connectivity index (χ4n) is 3.41. The molecule has 26 heavy (non-hydrogen) atoms. The van der Waals surface area contributed by atoms with E-state index in [1.165, 1.54) is 5.56 Å². The van der Waals surface area contributed by atoms with Crippen molar-refractivity contribution >= 4 is 5.91 Å². The lowest BCUT2D eigenvalue weighted by molar-refractivity contribution is 0.0933. The van der Waals surface area contributed by atoms with Crippen molar-refractivity contribution in [3.05, 3.63) is 77.6 Å². The van der Waals surface area contributed by atoms with Gasteiger partial charge in [0.2, 0.25) is 0 Å². The molecular formula is C20H20N4O2. The van der Waals surface area contributed by atoms with Gasteiger partial charge in [0.1, 0.15) is 11.4 Å². The first-order chi connectivity index (χ1) is 12.7. The van der Waals surface area contributed by atoms with Crippen molar-refractivity contribution in [2.24, 2.45) is 5.73 Å². The minimum absolute atomic E-state index is 0.116. The van der Waals surface area contributed by atoms with Crippen molar-refractivity contribution in [3.8, 4) is 11.4 Å². The molecule has 0 spiro atoms. The van der Waals surface area contributed by atoms with E-state index < -0.39 is 0 Å².